The van der Waals surface area contributed by atoms with Crippen LogP contribution in [0.15, 0.2) is 176 Å². The Morgan fingerprint density at radius 1 is 0.425 bits per heavy atom. The van der Waals surface area contributed by atoms with Gasteiger partial charge in [-0.15, -0.1) is 0 Å². The first-order valence-corrected chi connectivity index (χ1v) is 27.8. The van der Waals surface area contributed by atoms with Gasteiger partial charge in [0.25, 0.3) is 6.71 Å². The first kappa shape index (κ1) is 51.7. The minimum atomic E-state index is -0.109. The van der Waals surface area contributed by atoms with Crippen molar-refractivity contribution in [3.63, 3.8) is 0 Å². The van der Waals surface area contributed by atoms with Crippen molar-refractivity contribution >= 4 is 84.7 Å². The van der Waals surface area contributed by atoms with Gasteiger partial charge in [0.1, 0.15) is 0 Å². The van der Waals surface area contributed by atoms with E-state index >= 15 is 0 Å². The maximum absolute atomic E-state index is 10.5. The van der Waals surface area contributed by atoms with Crippen LogP contribution >= 0.6 is 0 Å². The number of hydrogen-bond donors (Lipinski definition) is 0. The molecule has 7 heteroatoms. The average molecular weight is 1040 g/mol. The quantitative estimate of drug-likeness (QED) is 0.127. The fourth-order valence-corrected chi connectivity index (χ4v) is 12.2. The fraction of sp³-hybridized carbons (Fsp3) is 0.219. The van der Waals surface area contributed by atoms with Gasteiger partial charge in [-0.05, 0) is 168 Å². The molecule has 0 atom stereocenters. The van der Waals surface area contributed by atoms with E-state index in [4.69, 9.17) is 6.57 Å². The molecule has 0 amide bonds. The summed E-state index contributed by atoms with van der Waals surface area (Å²) in [6.45, 7) is 35.5. The lowest BCUT2D eigenvalue weighted by Gasteiger charge is -2.45. The van der Waals surface area contributed by atoms with Gasteiger partial charge in [-0.1, -0.05) is 168 Å². The van der Waals surface area contributed by atoms with Crippen molar-refractivity contribution in [1.82, 2.24) is 4.57 Å². The summed E-state index contributed by atoms with van der Waals surface area (Å²) in [6.07, 6.45) is 0. The van der Waals surface area contributed by atoms with E-state index in [1.807, 2.05) is 24.3 Å². The Morgan fingerprint density at radius 2 is 0.938 bits per heavy atom. The van der Waals surface area contributed by atoms with E-state index in [9.17, 15) is 10.5 Å². The van der Waals surface area contributed by atoms with Gasteiger partial charge in [0.15, 0.2) is 5.69 Å². The molecule has 2 aliphatic heterocycles. The monoisotopic (exact) mass is 1040 g/mol. The number of nitrogens with zero attached hydrogens (tertiary/aromatic N) is 6. The molecule has 0 saturated heterocycles. The van der Waals surface area contributed by atoms with Gasteiger partial charge in [-0.3, -0.25) is 0 Å². The molecule has 80 heavy (non-hydrogen) atoms. The molecule has 0 bridgehead atoms. The standard InChI is InChI=1S/C73H65BN6/c1-70(2,3)49-37-50(71(4,5)6)40-54(39-49)78-65-24-18-15-21-60(65)74-61-22-16-19-25-66(61)79(55-41-51(72(7,8)9)38-52(42-55)73(10,11)12)68-36-47(35-67(78)69(68)74)46-27-31-64-59(34-46)57-20-14-17-23-62(57)80(64)63-30-26-45(43-75)32-58(63)56-29-28-53(77-13)33-48(56)44-76/h14-42H,1-12H3. The zero-order valence-corrected chi connectivity index (χ0v) is 48.0. The molecule has 0 aliphatic carbocycles. The van der Waals surface area contributed by atoms with Gasteiger partial charge in [-0.2, -0.15) is 10.5 Å². The number of rotatable bonds is 5. The Morgan fingerprint density at radius 3 is 1.45 bits per heavy atom. The fourth-order valence-electron chi connectivity index (χ4n) is 12.2. The highest BCUT2D eigenvalue weighted by Gasteiger charge is 2.44. The first-order valence-electron chi connectivity index (χ1n) is 27.8. The smallest absolute Gasteiger partial charge is 0.252 e. The number of anilines is 6. The predicted octanol–water partition coefficient (Wildman–Crippen LogP) is 17.7. The number of benzene rings is 9. The van der Waals surface area contributed by atoms with Crippen molar-refractivity contribution in [1.29, 1.82) is 10.5 Å². The summed E-state index contributed by atoms with van der Waals surface area (Å²) in [5.41, 5.74) is 23.1. The summed E-state index contributed by atoms with van der Waals surface area (Å²) in [4.78, 5) is 8.75. The highest BCUT2D eigenvalue weighted by molar-refractivity contribution is 7.00. The Bertz CT molecular complexity index is 4140. The molecule has 1 aromatic heterocycles. The summed E-state index contributed by atoms with van der Waals surface area (Å²) in [5, 5.41) is 22.8. The van der Waals surface area contributed by atoms with Crippen LogP contribution in [0.5, 0.6) is 0 Å². The molecule has 0 saturated carbocycles. The van der Waals surface area contributed by atoms with Crippen LogP contribution in [-0.4, -0.2) is 11.3 Å². The Hall–Kier alpha value is -9.09. The number of hydrogen-bond acceptors (Lipinski definition) is 4. The van der Waals surface area contributed by atoms with E-state index in [0.717, 1.165) is 66.9 Å². The van der Waals surface area contributed by atoms with Crippen LogP contribution in [0.3, 0.4) is 0 Å². The van der Waals surface area contributed by atoms with Gasteiger partial charge < -0.3 is 14.4 Å². The molecule has 0 N–H and O–H groups in total. The second-order valence-electron chi connectivity index (χ2n) is 26.1. The van der Waals surface area contributed by atoms with E-state index < -0.39 is 0 Å². The van der Waals surface area contributed by atoms with Crippen molar-refractivity contribution in [3.05, 3.63) is 221 Å². The minimum Gasteiger partial charge on any atom is -0.311 e. The molecule has 3 heterocycles. The van der Waals surface area contributed by atoms with Crippen molar-refractivity contribution in [2.75, 3.05) is 9.80 Å². The van der Waals surface area contributed by atoms with Crippen LogP contribution in [0.2, 0.25) is 0 Å². The van der Waals surface area contributed by atoms with Crippen LogP contribution in [0.4, 0.5) is 39.8 Å². The molecule has 9 aromatic carbocycles. The largest absolute Gasteiger partial charge is 0.311 e. The zero-order chi connectivity index (χ0) is 56.4. The maximum Gasteiger partial charge on any atom is 0.252 e. The van der Waals surface area contributed by atoms with Gasteiger partial charge in [0.2, 0.25) is 0 Å². The van der Waals surface area contributed by atoms with Crippen LogP contribution in [0.1, 0.15) is 116 Å². The van der Waals surface area contributed by atoms with E-state index in [2.05, 4.69) is 254 Å². The van der Waals surface area contributed by atoms with Crippen molar-refractivity contribution < 1.29 is 0 Å². The second-order valence-corrected chi connectivity index (χ2v) is 26.1. The summed E-state index contributed by atoms with van der Waals surface area (Å²) in [6, 6.07) is 68.5. The Kier molecular flexibility index (Phi) is 12.0. The zero-order valence-electron chi connectivity index (χ0n) is 48.0. The molecule has 12 rings (SSSR count). The number of fused-ring (bicyclic) bond motifs is 7. The predicted molar refractivity (Wildman–Crippen MR) is 336 cm³/mol. The lowest BCUT2D eigenvalue weighted by atomic mass is 9.33. The topological polar surface area (TPSA) is 63.4 Å². The highest BCUT2D eigenvalue weighted by atomic mass is 15.2. The SMILES string of the molecule is [C-]#[N+]c1ccc(-c2cc(C#N)ccc2-n2c3ccccc3c3cc(-c4cc5c6c(c4)N(c4cc(C(C)(C)C)cc(C(C)(C)C)c4)c4ccccc4B6c4ccccc4N5c4cc(C(C)(C)C)cc(C(C)(C)C)c4)ccc32)c(C#N)c1. The van der Waals surface area contributed by atoms with E-state index in [1.165, 1.54) is 50.0 Å². The van der Waals surface area contributed by atoms with E-state index in [0.29, 0.717) is 22.4 Å². The highest BCUT2D eigenvalue weighted by Crippen LogP contribution is 2.49. The van der Waals surface area contributed by atoms with Crippen LogP contribution in [0, 0.1) is 29.2 Å². The summed E-state index contributed by atoms with van der Waals surface area (Å²) in [7, 11) is 0. The van der Waals surface area contributed by atoms with Gasteiger partial charge in [-0.25, -0.2) is 4.85 Å². The third-order valence-electron chi connectivity index (χ3n) is 16.6. The molecular weight excluding hydrogens is 972 g/mol. The minimum absolute atomic E-state index is 0.0455. The van der Waals surface area contributed by atoms with Gasteiger partial charge in [0.05, 0.1) is 41.0 Å². The molecule has 0 fully saturated rings. The number of para-hydroxylation sites is 3. The molecule has 2 aliphatic rings. The summed E-state index contributed by atoms with van der Waals surface area (Å²) >= 11 is 0. The normalized spacial score (nSPS) is 13.1. The van der Waals surface area contributed by atoms with Crippen LogP contribution in [0.25, 0.3) is 54.6 Å². The summed E-state index contributed by atoms with van der Waals surface area (Å²) < 4.78 is 2.26. The molecule has 390 valence electrons. The molecule has 0 radical (unpaired) electrons. The van der Waals surface area contributed by atoms with E-state index in [-0.39, 0.29) is 28.4 Å². The molecule has 6 nitrogen and oxygen atoms in total. The summed E-state index contributed by atoms with van der Waals surface area (Å²) in [5.74, 6) is 0. The Labute approximate surface area is 472 Å². The van der Waals surface area contributed by atoms with E-state index in [1.54, 1.807) is 12.1 Å². The maximum atomic E-state index is 10.5. The molecule has 0 spiro atoms. The van der Waals surface area contributed by atoms with Gasteiger partial charge in [0, 0.05) is 56.0 Å². The van der Waals surface area contributed by atoms with Gasteiger partial charge >= 0.3 is 0 Å². The Balaban J connectivity index is 1.17. The number of aromatic nitrogens is 1. The van der Waals surface area contributed by atoms with Crippen molar-refractivity contribution in [3.8, 4) is 40.1 Å². The van der Waals surface area contributed by atoms with Crippen molar-refractivity contribution in [2.24, 2.45) is 0 Å². The lowest BCUT2D eigenvalue weighted by Crippen LogP contribution is -2.61. The third-order valence-corrected chi connectivity index (χ3v) is 16.6. The third kappa shape index (κ3) is 8.54. The lowest BCUT2D eigenvalue weighted by molar-refractivity contribution is 0.568. The molecule has 10 aromatic rings. The van der Waals surface area contributed by atoms with Crippen molar-refractivity contribution in [2.45, 2.75) is 105 Å². The second kappa shape index (κ2) is 18.5. The van der Waals surface area contributed by atoms with Crippen LogP contribution in [-0.2, 0) is 21.7 Å². The molecular formula is C73H65BN6. The molecule has 0 unspecified atom stereocenters. The number of nitriles is 2. The van der Waals surface area contributed by atoms with Crippen LogP contribution < -0.4 is 26.2 Å². The first-order chi connectivity index (χ1) is 38.0. The average Bonchev–Trinajstić information content (AvgIpc) is 1.74.